The highest BCUT2D eigenvalue weighted by atomic mass is 32.1. The number of hydrogen-bond acceptors (Lipinski definition) is 5. The fourth-order valence-corrected chi connectivity index (χ4v) is 3.16. The lowest BCUT2D eigenvalue weighted by molar-refractivity contribution is 0.556. The first-order valence-electron chi connectivity index (χ1n) is 6.73. The Kier molecular flexibility index (Phi) is 2.90. The van der Waals surface area contributed by atoms with Crippen LogP contribution in [0.1, 0.15) is 11.3 Å². The predicted octanol–water partition coefficient (Wildman–Crippen LogP) is 2.27. The topological polar surface area (TPSA) is 60.4 Å². The lowest BCUT2D eigenvalue weighted by Crippen LogP contribution is -2.23. The van der Waals surface area contributed by atoms with Gasteiger partial charge in [-0.15, -0.1) is 5.10 Å². The molecule has 0 saturated carbocycles. The van der Waals surface area contributed by atoms with Gasteiger partial charge in [-0.05, 0) is 24.6 Å². The zero-order valence-electron chi connectivity index (χ0n) is 11.7. The van der Waals surface area contributed by atoms with Crippen molar-refractivity contribution in [3.63, 3.8) is 0 Å². The molecular weight excluding hydrogens is 298 g/mol. The predicted molar refractivity (Wildman–Crippen MR) is 84.8 cm³/mol. The number of rotatable bonds is 2. The summed E-state index contributed by atoms with van der Waals surface area (Å²) < 4.78 is 7.14. The normalized spacial score (nSPS) is 12.3. The highest BCUT2D eigenvalue weighted by Gasteiger charge is 2.13. The van der Waals surface area contributed by atoms with E-state index < -0.39 is 0 Å². The highest BCUT2D eigenvalue weighted by molar-refractivity contribution is 7.15. The van der Waals surface area contributed by atoms with Crippen LogP contribution in [0.25, 0.3) is 22.4 Å². The lowest BCUT2D eigenvalue weighted by atomic mass is 10.1. The molecular formula is C16H11N3O2S. The lowest BCUT2D eigenvalue weighted by Gasteiger charge is -1.98. The van der Waals surface area contributed by atoms with Gasteiger partial charge in [0.15, 0.2) is 5.82 Å². The van der Waals surface area contributed by atoms with Crippen LogP contribution in [0.15, 0.2) is 51.9 Å². The van der Waals surface area contributed by atoms with Crippen LogP contribution in [0.3, 0.4) is 0 Å². The van der Waals surface area contributed by atoms with E-state index in [4.69, 9.17) is 4.42 Å². The SMILES string of the molecule is Cc1ccccc1-c1nc2s/c(=C/c3ccco3)c(=O)n2n1. The van der Waals surface area contributed by atoms with Gasteiger partial charge in [0.25, 0.3) is 5.56 Å². The van der Waals surface area contributed by atoms with Gasteiger partial charge in [0, 0.05) is 11.6 Å². The van der Waals surface area contributed by atoms with Gasteiger partial charge in [0.2, 0.25) is 4.96 Å². The molecule has 1 aromatic carbocycles. The average molecular weight is 309 g/mol. The summed E-state index contributed by atoms with van der Waals surface area (Å²) in [5.74, 6) is 1.21. The molecule has 0 fully saturated rings. The molecule has 3 aromatic heterocycles. The number of nitrogens with zero attached hydrogens (tertiary/aromatic N) is 3. The molecule has 6 heteroatoms. The van der Waals surface area contributed by atoms with Crippen LogP contribution < -0.4 is 10.1 Å². The minimum atomic E-state index is -0.177. The van der Waals surface area contributed by atoms with E-state index in [0.717, 1.165) is 11.1 Å². The molecule has 0 atom stereocenters. The quantitative estimate of drug-likeness (QED) is 0.570. The second-order valence-corrected chi connectivity index (χ2v) is 5.89. The first-order valence-corrected chi connectivity index (χ1v) is 7.55. The molecule has 0 aliphatic rings. The van der Waals surface area contributed by atoms with Crippen molar-refractivity contribution < 1.29 is 4.42 Å². The van der Waals surface area contributed by atoms with Crippen LogP contribution in [-0.2, 0) is 0 Å². The first-order chi connectivity index (χ1) is 10.7. The summed E-state index contributed by atoms with van der Waals surface area (Å²) >= 11 is 1.30. The van der Waals surface area contributed by atoms with E-state index in [1.807, 2.05) is 31.2 Å². The number of aryl methyl sites for hydroxylation is 1. The minimum Gasteiger partial charge on any atom is -0.465 e. The second kappa shape index (κ2) is 4.92. The summed E-state index contributed by atoms with van der Waals surface area (Å²) in [6.07, 6.45) is 3.28. The van der Waals surface area contributed by atoms with Crippen molar-refractivity contribution in [1.29, 1.82) is 0 Å². The van der Waals surface area contributed by atoms with Crippen molar-refractivity contribution in [2.75, 3.05) is 0 Å². The van der Waals surface area contributed by atoms with E-state index in [0.29, 0.717) is 21.1 Å². The van der Waals surface area contributed by atoms with Crippen molar-refractivity contribution in [1.82, 2.24) is 14.6 Å². The molecule has 0 amide bonds. The van der Waals surface area contributed by atoms with Crippen LogP contribution in [0.4, 0.5) is 0 Å². The molecule has 0 saturated heterocycles. The Morgan fingerprint density at radius 2 is 2.09 bits per heavy atom. The molecule has 5 nitrogen and oxygen atoms in total. The Morgan fingerprint density at radius 3 is 2.82 bits per heavy atom. The summed E-state index contributed by atoms with van der Waals surface area (Å²) in [6, 6.07) is 11.4. The monoisotopic (exact) mass is 309 g/mol. The zero-order chi connectivity index (χ0) is 15.1. The molecule has 0 unspecified atom stereocenters. The summed E-state index contributed by atoms with van der Waals surface area (Å²) in [7, 11) is 0. The van der Waals surface area contributed by atoms with Crippen LogP contribution in [0, 0.1) is 6.92 Å². The van der Waals surface area contributed by atoms with E-state index in [9.17, 15) is 4.79 Å². The standard InChI is InChI=1S/C16H11N3O2S/c1-10-5-2-3-7-12(10)14-17-16-19(18-14)15(20)13(22-16)9-11-6-4-8-21-11/h2-9H,1H3/b13-9+. The molecule has 0 bridgehead atoms. The van der Waals surface area contributed by atoms with Crippen molar-refractivity contribution in [3.8, 4) is 11.4 Å². The molecule has 0 spiro atoms. The summed E-state index contributed by atoms with van der Waals surface area (Å²) in [5.41, 5.74) is 1.84. The number of thiazole rings is 1. The van der Waals surface area contributed by atoms with Crippen molar-refractivity contribution >= 4 is 22.4 Å². The fourth-order valence-electron chi connectivity index (χ4n) is 2.27. The zero-order valence-corrected chi connectivity index (χ0v) is 12.5. The Morgan fingerprint density at radius 1 is 1.23 bits per heavy atom. The van der Waals surface area contributed by atoms with Crippen molar-refractivity contribution in [3.05, 3.63) is 68.9 Å². The third kappa shape index (κ3) is 2.05. The molecule has 22 heavy (non-hydrogen) atoms. The maximum atomic E-state index is 12.4. The molecule has 0 aliphatic heterocycles. The average Bonchev–Trinajstić information content (AvgIpc) is 3.20. The van der Waals surface area contributed by atoms with E-state index in [-0.39, 0.29) is 5.56 Å². The van der Waals surface area contributed by atoms with Gasteiger partial charge in [-0.25, -0.2) is 0 Å². The number of aromatic nitrogens is 3. The Labute approximate surface area is 129 Å². The molecule has 0 N–H and O–H groups in total. The third-order valence-corrected chi connectivity index (χ3v) is 4.34. The summed E-state index contributed by atoms with van der Waals surface area (Å²) in [6.45, 7) is 2.00. The van der Waals surface area contributed by atoms with Gasteiger partial charge < -0.3 is 4.42 Å². The highest BCUT2D eigenvalue weighted by Crippen LogP contribution is 2.20. The summed E-state index contributed by atoms with van der Waals surface area (Å²) in [4.78, 5) is 17.4. The number of furan rings is 1. The maximum Gasteiger partial charge on any atom is 0.291 e. The Balaban J connectivity index is 1.88. The third-order valence-electron chi connectivity index (χ3n) is 3.38. The fraction of sp³-hybridized carbons (Fsp3) is 0.0625. The van der Waals surface area contributed by atoms with Crippen LogP contribution in [0.2, 0.25) is 0 Å². The van der Waals surface area contributed by atoms with Crippen molar-refractivity contribution in [2.24, 2.45) is 0 Å². The van der Waals surface area contributed by atoms with Gasteiger partial charge in [-0.3, -0.25) is 4.79 Å². The van der Waals surface area contributed by atoms with Crippen LogP contribution in [0.5, 0.6) is 0 Å². The van der Waals surface area contributed by atoms with E-state index in [1.165, 1.54) is 15.9 Å². The van der Waals surface area contributed by atoms with Gasteiger partial charge in [-0.2, -0.15) is 9.50 Å². The molecule has 4 aromatic rings. The first kappa shape index (κ1) is 13.0. The van der Waals surface area contributed by atoms with E-state index in [1.54, 1.807) is 24.5 Å². The minimum absolute atomic E-state index is 0.177. The van der Waals surface area contributed by atoms with E-state index >= 15 is 0 Å². The van der Waals surface area contributed by atoms with E-state index in [2.05, 4.69) is 10.1 Å². The number of hydrogen-bond donors (Lipinski definition) is 0. The van der Waals surface area contributed by atoms with Crippen LogP contribution >= 0.6 is 11.3 Å². The number of fused-ring (bicyclic) bond motifs is 1. The van der Waals surface area contributed by atoms with Gasteiger partial charge >= 0.3 is 0 Å². The van der Waals surface area contributed by atoms with Crippen molar-refractivity contribution in [2.45, 2.75) is 6.92 Å². The molecule has 4 rings (SSSR count). The van der Waals surface area contributed by atoms with Crippen LogP contribution in [-0.4, -0.2) is 14.6 Å². The second-order valence-electron chi connectivity index (χ2n) is 4.88. The Hall–Kier alpha value is -2.73. The molecule has 108 valence electrons. The molecule has 3 heterocycles. The summed E-state index contributed by atoms with van der Waals surface area (Å²) in [5, 5.41) is 4.35. The van der Waals surface area contributed by atoms with Gasteiger partial charge in [-0.1, -0.05) is 35.6 Å². The Bertz CT molecular complexity index is 1060. The molecule has 0 radical (unpaired) electrons. The van der Waals surface area contributed by atoms with Gasteiger partial charge in [0.1, 0.15) is 10.3 Å². The largest absolute Gasteiger partial charge is 0.465 e. The molecule has 0 aliphatic carbocycles. The number of benzene rings is 1. The smallest absolute Gasteiger partial charge is 0.291 e. The van der Waals surface area contributed by atoms with Gasteiger partial charge in [0.05, 0.1) is 6.26 Å². The maximum absolute atomic E-state index is 12.4.